The van der Waals surface area contributed by atoms with Gasteiger partial charge in [-0.15, -0.1) is 0 Å². The van der Waals surface area contributed by atoms with Gasteiger partial charge in [-0.1, -0.05) is 24.3 Å². The Labute approximate surface area is 155 Å². The molecule has 0 radical (unpaired) electrons. The summed E-state index contributed by atoms with van der Waals surface area (Å²) in [4.78, 5) is 15.1. The molecule has 2 aliphatic rings. The van der Waals surface area contributed by atoms with Gasteiger partial charge in [-0.25, -0.2) is 0 Å². The average molecular weight is 352 g/mol. The first-order valence-electron chi connectivity index (χ1n) is 9.82. The minimum absolute atomic E-state index is 0.0495. The van der Waals surface area contributed by atoms with Crippen molar-refractivity contribution in [1.82, 2.24) is 10.2 Å². The van der Waals surface area contributed by atoms with Crippen LogP contribution in [0.1, 0.15) is 47.8 Å². The Kier molecular flexibility index (Phi) is 5.11. The SMILES string of the molecule is Cc1ccc(CN2CCC(CNC(=O)[C@@H]3CCc4ccccc43)CC2)o1. The fraction of sp³-hybridized carbons (Fsp3) is 0.500. The summed E-state index contributed by atoms with van der Waals surface area (Å²) in [6, 6.07) is 12.5. The first-order chi connectivity index (χ1) is 12.7. The molecule has 138 valence electrons. The molecular weight excluding hydrogens is 324 g/mol. The molecule has 1 amide bonds. The van der Waals surface area contributed by atoms with Crippen molar-refractivity contribution >= 4 is 5.91 Å². The number of nitrogens with zero attached hydrogens (tertiary/aromatic N) is 1. The molecule has 4 rings (SSSR count). The number of hydrogen-bond acceptors (Lipinski definition) is 3. The highest BCUT2D eigenvalue weighted by molar-refractivity contribution is 5.84. The van der Waals surface area contributed by atoms with E-state index in [4.69, 9.17) is 4.42 Å². The lowest BCUT2D eigenvalue weighted by Crippen LogP contribution is -2.39. The van der Waals surface area contributed by atoms with Crippen LogP contribution in [0.25, 0.3) is 0 Å². The molecule has 1 saturated heterocycles. The number of fused-ring (bicyclic) bond motifs is 1. The summed E-state index contributed by atoms with van der Waals surface area (Å²) in [5, 5.41) is 3.23. The Bertz CT molecular complexity index is 759. The lowest BCUT2D eigenvalue weighted by molar-refractivity contribution is -0.122. The number of nitrogens with one attached hydrogen (secondary N) is 1. The molecule has 0 saturated carbocycles. The number of carbonyl (C=O) groups is 1. The molecule has 1 N–H and O–H groups in total. The zero-order valence-electron chi connectivity index (χ0n) is 15.5. The van der Waals surface area contributed by atoms with Crippen LogP contribution in [-0.4, -0.2) is 30.4 Å². The van der Waals surface area contributed by atoms with Gasteiger partial charge in [0.1, 0.15) is 11.5 Å². The van der Waals surface area contributed by atoms with E-state index in [1.54, 1.807) is 0 Å². The maximum Gasteiger partial charge on any atom is 0.227 e. The smallest absolute Gasteiger partial charge is 0.227 e. The second-order valence-electron chi connectivity index (χ2n) is 7.77. The van der Waals surface area contributed by atoms with Crippen LogP contribution >= 0.6 is 0 Å². The quantitative estimate of drug-likeness (QED) is 0.893. The van der Waals surface area contributed by atoms with Gasteiger partial charge in [0.15, 0.2) is 0 Å². The Balaban J connectivity index is 1.22. The summed E-state index contributed by atoms with van der Waals surface area (Å²) < 4.78 is 5.68. The van der Waals surface area contributed by atoms with E-state index in [9.17, 15) is 4.79 Å². The summed E-state index contributed by atoms with van der Waals surface area (Å²) in [5.74, 6) is 2.88. The molecule has 0 unspecified atom stereocenters. The minimum atomic E-state index is 0.0495. The predicted octanol–water partition coefficient (Wildman–Crippen LogP) is 3.65. The van der Waals surface area contributed by atoms with Crippen molar-refractivity contribution in [3.05, 3.63) is 59.0 Å². The average Bonchev–Trinajstić information content (AvgIpc) is 3.27. The first-order valence-corrected chi connectivity index (χ1v) is 9.82. The van der Waals surface area contributed by atoms with Crippen LogP contribution in [0.15, 0.2) is 40.8 Å². The molecule has 1 aliphatic heterocycles. The van der Waals surface area contributed by atoms with Gasteiger partial charge in [-0.05, 0) is 74.9 Å². The second-order valence-corrected chi connectivity index (χ2v) is 7.77. The molecule has 4 nitrogen and oxygen atoms in total. The molecule has 1 aromatic heterocycles. The van der Waals surface area contributed by atoms with Crippen LogP contribution in [0.3, 0.4) is 0 Å². The van der Waals surface area contributed by atoms with Crippen LogP contribution in [0.5, 0.6) is 0 Å². The van der Waals surface area contributed by atoms with Crippen molar-refractivity contribution in [2.45, 2.75) is 45.1 Å². The molecule has 2 aromatic rings. The van der Waals surface area contributed by atoms with E-state index in [2.05, 4.69) is 34.5 Å². The Hall–Kier alpha value is -2.07. The largest absolute Gasteiger partial charge is 0.465 e. The molecule has 2 heterocycles. The number of amides is 1. The fourth-order valence-electron chi connectivity index (χ4n) is 4.34. The van der Waals surface area contributed by atoms with Gasteiger partial charge in [0.25, 0.3) is 0 Å². The molecule has 0 bridgehead atoms. The summed E-state index contributed by atoms with van der Waals surface area (Å²) in [5.41, 5.74) is 2.57. The molecule has 1 aliphatic carbocycles. The van der Waals surface area contributed by atoms with Gasteiger partial charge in [0, 0.05) is 6.54 Å². The molecule has 4 heteroatoms. The summed E-state index contributed by atoms with van der Waals surface area (Å²) in [7, 11) is 0. The van der Waals surface area contributed by atoms with Gasteiger partial charge in [-0.2, -0.15) is 0 Å². The highest BCUT2D eigenvalue weighted by Crippen LogP contribution is 2.33. The van der Waals surface area contributed by atoms with Crippen LogP contribution < -0.4 is 5.32 Å². The van der Waals surface area contributed by atoms with Gasteiger partial charge < -0.3 is 9.73 Å². The van der Waals surface area contributed by atoms with Crippen LogP contribution in [0, 0.1) is 12.8 Å². The molecule has 0 spiro atoms. The Morgan fingerprint density at radius 1 is 1.15 bits per heavy atom. The highest BCUT2D eigenvalue weighted by atomic mass is 16.3. The molecule has 1 atom stereocenters. The number of carbonyl (C=O) groups excluding carboxylic acids is 1. The van der Waals surface area contributed by atoms with Gasteiger partial charge >= 0.3 is 0 Å². The number of aryl methyl sites for hydroxylation is 2. The third-order valence-corrected chi connectivity index (χ3v) is 5.90. The fourth-order valence-corrected chi connectivity index (χ4v) is 4.34. The van der Waals surface area contributed by atoms with Crippen molar-refractivity contribution in [3.63, 3.8) is 0 Å². The molecule has 1 aromatic carbocycles. The zero-order chi connectivity index (χ0) is 17.9. The number of piperidine rings is 1. The summed E-state index contributed by atoms with van der Waals surface area (Å²) >= 11 is 0. The summed E-state index contributed by atoms with van der Waals surface area (Å²) in [6.07, 6.45) is 4.26. The van der Waals surface area contributed by atoms with Crippen molar-refractivity contribution in [3.8, 4) is 0 Å². The minimum Gasteiger partial charge on any atom is -0.465 e. The Morgan fingerprint density at radius 2 is 1.96 bits per heavy atom. The van der Waals surface area contributed by atoms with Crippen LogP contribution in [-0.2, 0) is 17.8 Å². The monoisotopic (exact) mass is 352 g/mol. The van der Waals surface area contributed by atoms with Crippen LogP contribution in [0.4, 0.5) is 0 Å². The summed E-state index contributed by atoms with van der Waals surface area (Å²) in [6.45, 7) is 5.84. The Morgan fingerprint density at radius 3 is 2.73 bits per heavy atom. The van der Waals surface area contributed by atoms with E-state index >= 15 is 0 Å². The molecular formula is C22H28N2O2. The van der Waals surface area contributed by atoms with E-state index in [0.29, 0.717) is 5.92 Å². The van der Waals surface area contributed by atoms with Gasteiger partial charge in [0.2, 0.25) is 5.91 Å². The maximum absolute atomic E-state index is 12.6. The topological polar surface area (TPSA) is 45.5 Å². The highest BCUT2D eigenvalue weighted by Gasteiger charge is 2.29. The van der Waals surface area contributed by atoms with Gasteiger partial charge in [-0.3, -0.25) is 9.69 Å². The van der Waals surface area contributed by atoms with E-state index in [0.717, 1.165) is 63.4 Å². The number of hydrogen-bond donors (Lipinski definition) is 1. The lowest BCUT2D eigenvalue weighted by atomic mass is 9.95. The number of furan rings is 1. The van der Waals surface area contributed by atoms with Crippen molar-refractivity contribution in [2.24, 2.45) is 5.92 Å². The van der Waals surface area contributed by atoms with E-state index in [1.807, 2.05) is 19.1 Å². The second kappa shape index (κ2) is 7.67. The van der Waals surface area contributed by atoms with E-state index in [1.165, 1.54) is 11.1 Å². The van der Waals surface area contributed by atoms with E-state index in [-0.39, 0.29) is 11.8 Å². The number of rotatable bonds is 5. The van der Waals surface area contributed by atoms with E-state index < -0.39 is 0 Å². The lowest BCUT2D eigenvalue weighted by Gasteiger charge is -2.31. The zero-order valence-corrected chi connectivity index (χ0v) is 15.5. The predicted molar refractivity (Wildman–Crippen MR) is 102 cm³/mol. The number of likely N-dealkylation sites (tertiary alicyclic amines) is 1. The van der Waals surface area contributed by atoms with Gasteiger partial charge in [0.05, 0.1) is 12.5 Å². The maximum atomic E-state index is 12.6. The van der Waals surface area contributed by atoms with Crippen LogP contribution in [0.2, 0.25) is 0 Å². The normalized spacial score (nSPS) is 20.9. The standard InChI is InChI=1S/C22H28N2O2/c1-16-6-8-19(26-16)15-24-12-10-17(11-13-24)14-23-22(25)21-9-7-18-4-2-3-5-20(18)21/h2-6,8,17,21H,7,9-15H2,1H3,(H,23,25)/t21-/m1/s1. The number of benzene rings is 1. The first kappa shape index (κ1) is 17.3. The third kappa shape index (κ3) is 3.85. The molecule has 1 fully saturated rings. The van der Waals surface area contributed by atoms with Crippen molar-refractivity contribution in [1.29, 1.82) is 0 Å². The third-order valence-electron chi connectivity index (χ3n) is 5.90. The van der Waals surface area contributed by atoms with Crippen molar-refractivity contribution < 1.29 is 9.21 Å². The molecule has 26 heavy (non-hydrogen) atoms. The van der Waals surface area contributed by atoms with Crippen molar-refractivity contribution in [2.75, 3.05) is 19.6 Å².